The number of esters is 1. The van der Waals surface area contributed by atoms with Gasteiger partial charge >= 0.3 is 12.0 Å². The summed E-state index contributed by atoms with van der Waals surface area (Å²) in [6.07, 6.45) is 6.95. The van der Waals surface area contributed by atoms with Crippen LogP contribution in [0.3, 0.4) is 0 Å². The first-order valence-corrected chi connectivity index (χ1v) is 10.4. The Morgan fingerprint density at radius 3 is 2.27 bits per heavy atom. The van der Waals surface area contributed by atoms with Crippen LogP contribution in [0.2, 0.25) is 0 Å². The highest BCUT2D eigenvalue weighted by atomic mass is 35.5. The average Bonchev–Trinajstić information content (AvgIpc) is 2.66. The normalized spacial score (nSPS) is 29.5. The number of nitrogen functional groups attached to an aromatic ring is 1. The zero-order valence-corrected chi connectivity index (χ0v) is 18.3. The second-order valence-corrected chi connectivity index (χ2v) is 9.16. The molecule has 0 radical (unpaired) electrons. The smallest absolute Gasteiger partial charge is 0.328 e. The minimum Gasteiger partial charge on any atom is -0.467 e. The molecule has 0 spiro atoms. The van der Waals surface area contributed by atoms with E-state index in [1.165, 1.54) is 31.3 Å². The molecule has 4 aliphatic carbocycles. The number of ether oxygens (including phenoxy) is 1. The number of amides is 2. The van der Waals surface area contributed by atoms with Crippen molar-refractivity contribution in [3.05, 3.63) is 29.8 Å². The Kier molecular flexibility index (Phi) is 6.32. The molecular weight excluding hydrogens is 404 g/mol. The summed E-state index contributed by atoms with van der Waals surface area (Å²) in [7, 11) is 1.32. The van der Waals surface area contributed by atoms with Gasteiger partial charge in [0.2, 0.25) is 0 Å². The number of halogens is 1. The van der Waals surface area contributed by atoms with E-state index in [0.717, 1.165) is 19.3 Å². The molecule has 4 bridgehead atoms. The quantitative estimate of drug-likeness (QED) is 0.374. The zero-order valence-electron chi connectivity index (χ0n) is 17.5. The number of carbonyl (C=O) groups is 2. The number of anilines is 1. The molecular formula is C22H31ClN4O3. The Bertz CT molecular complexity index is 808. The molecule has 1 atom stereocenters. The first-order valence-electron chi connectivity index (χ1n) is 10.4. The molecule has 2 amide bonds. The van der Waals surface area contributed by atoms with Gasteiger partial charge in [0.25, 0.3) is 0 Å². The van der Waals surface area contributed by atoms with Gasteiger partial charge in [0, 0.05) is 16.8 Å². The first kappa shape index (κ1) is 22.4. The number of nitrogens with zero attached hydrogens (tertiary/aromatic N) is 1. The maximum Gasteiger partial charge on any atom is 0.328 e. The van der Waals surface area contributed by atoms with Crippen molar-refractivity contribution in [1.29, 1.82) is 5.41 Å². The van der Waals surface area contributed by atoms with E-state index in [1.807, 2.05) is 0 Å². The zero-order chi connectivity index (χ0) is 20.8. The van der Waals surface area contributed by atoms with Gasteiger partial charge in [0.05, 0.1) is 7.11 Å². The SMILES string of the molecule is COC(=O)[C@H](C)N(C(=O)NC12CC3CC(CC(C3)C1)C2)c1cccc(C(=N)N)c1.Cl. The molecule has 4 fully saturated rings. The predicted molar refractivity (Wildman–Crippen MR) is 118 cm³/mol. The summed E-state index contributed by atoms with van der Waals surface area (Å²) in [4.78, 5) is 27.2. The van der Waals surface area contributed by atoms with Crippen molar-refractivity contribution in [3.8, 4) is 0 Å². The number of nitrogens with two attached hydrogens (primary N) is 1. The predicted octanol–water partition coefficient (Wildman–Crippen LogP) is 3.44. The lowest BCUT2D eigenvalue weighted by atomic mass is 9.53. The molecule has 1 aromatic carbocycles. The van der Waals surface area contributed by atoms with E-state index in [9.17, 15) is 9.59 Å². The van der Waals surface area contributed by atoms with Crippen molar-refractivity contribution in [1.82, 2.24) is 5.32 Å². The van der Waals surface area contributed by atoms with Crippen LogP contribution >= 0.6 is 12.4 Å². The van der Waals surface area contributed by atoms with Crippen LogP contribution in [0.4, 0.5) is 10.5 Å². The third-order valence-electron chi connectivity index (χ3n) is 6.99. The van der Waals surface area contributed by atoms with Crippen molar-refractivity contribution in [3.63, 3.8) is 0 Å². The summed E-state index contributed by atoms with van der Waals surface area (Å²) in [5.41, 5.74) is 6.49. The summed E-state index contributed by atoms with van der Waals surface area (Å²) in [6.45, 7) is 1.66. The highest BCUT2D eigenvalue weighted by Gasteiger charge is 2.52. The number of nitrogens with one attached hydrogen (secondary N) is 2. The largest absolute Gasteiger partial charge is 0.467 e. The lowest BCUT2D eigenvalue weighted by Gasteiger charge is -2.57. The number of hydrogen-bond donors (Lipinski definition) is 3. The van der Waals surface area contributed by atoms with E-state index < -0.39 is 12.0 Å². The number of benzene rings is 1. The van der Waals surface area contributed by atoms with Crippen LogP contribution in [-0.4, -0.2) is 36.5 Å². The van der Waals surface area contributed by atoms with Crippen LogP contribution in [0.25, 0.3) is 0 Å². The van der Waals surface area contributed by atoms with Gasteiger partial charge in [-0.1, -0.05) is 12.1 Å². The number of carbonyl (C=O) groups excluding carboxylic acids is 2. The van der Waals surface area contributed by atoms with Gasteiger partial charge in [-0.15, -0.1) is 12.4 Å². The summed E-state index contributed by atoms with van der Waals surface area (Å²) < 4.78 is 4.91. The van der Waals surface area contributed by atoms with E-state index in [1.54, 1.807) is 31.2 Å². The topological polar surface area (TPSA) is 109 Å². The van der Waals surface area contributed by atoms with Gasteiger partial charge in [-0.25, -0.2) is 9.59 Å². The minimum atomic E-state index is -0.795. The van der Waals surface area contributed by atoms with Gasteiger partial charge in [0.1, 0.15) is 11.9 Å². The molecule has 1 aromatic rings. The first-order chi connectivity index (χ1) is 13.8. The Morgan fingerprint density at radius 1 is 1.20 bits per heavy atom. The molecule has 0 aromatic heterocycles. The van der Waals surface area contributed by atoms with Crippen LogP contribution in [-0.2, 0) is 9.53 Å². The molecule has 0 aliphatic heterocycles. The summed E-state index contributed by atoms with van der Waals surface area (Å²) in [5.74, 6) is 1.54. The molecule has 0 heterocycles. The van der Waals surface area contributed by atoms with E-state index in [0.29, 0.717) is 29.0 Å². The number of urea groups is 1. The lowest BCUT2D eigenvalue weighted by molar-refractivity contribution is -0.141. The van der Waals surface area contributed by atoms with Crippen molar-refractivity contribution < 1.29 is 14.3 Å². The van der Waals surface area contributed by atoms with Gasteiger partial charge in [-0.05, 0) is 75.3 Å². The molecule has 164 valence electrons. The van der Waals surface area contributed by atoms with Gasteiger partial charge in [-0.3, -0.25) is 10.3 Å². The summed E-state index contributed by atoms with van der Waals surface area (Å²) in [6, 6.07) is 5.79. The summed E-state index contributed by atoms with van der Waals surface area (Å²) >= 11 is 0. The molecule has 5 rings (SSSR count). The second kappa shape index (κ2) is 8.46. The molecule has 4 saturated carbocycles. The molecule has 7 nitrogen and oxygen atoms in total. The van der Waals surface area contributed by atoms with E-state index in [4.69, 9.17) is 15.9 Å². The Hall–Kier alpha value is -2.28. The van der Waals surface area contributed by atoms with Gasteiger partial charge in [-0.2, -0.15) is 0 Å². The summed E-state index contributed by atoms with van der Waals surface area (Å²) in [5, 5.41) is 11.0. The molecule has 30 heavy (non-hydrogen) atoms. The molecule has 0 saturated heterocycles. The molecule has 0 unspecified atom stereocenters. The Balaban J connectivity index is 0.00000256. The third kappa shape index (κ3) is 4.13. The number of hydrogen-bond acceptors (Lipinski definition) is 4. The fraction of sp³-hybridized carbons (Fsp3) is 0.591. The lowest BCUT2D eigenvalue weighted by Crippen LogP contribution is -2.63. The fourth-order valence-corrected chi connectivity index (χ4v) is 6.17. The third-order valence-corrected chi connectivity index (χ3v) is 6.99. The van der Waals surface area contributed by atoms with E-state index in [2.05, 4.69) is 5.32 Å². The number of amidine groups is 1. The average molecular weight is 435 g/mol. The number of methoxy groups -OCH3 is 1. The van der Waals surface area contributed by atoms with Crippen LogP contribution in [0.15, 0.2) is 24.3 Å². The molecule has 4 N–H and O–H groups in total. The second-order valence-electron chi connectivity index (χ2n) is 9.16. The Morgan fingerprint density at radius 2 is 1.77 bits per heavy atom. The van der Waals surface area contributed by atoms with Crippen LogP contribution in [0.1, 0.15) is 51.0 Å². The maximum atomic E-state index is 13.5. The van der Waals surface area contributed by atoms with Gasteiger partial charge in [0.15, 0.2) is 0 Å². The van der Waals surface area contributed by atoms with Crippen molar-refractivity contribution in [2.45, 2.75) is 57.0 Å². The molecule has 4 aliphatic rings. The van der Waals surface area contributed by atoms with E-state index >= 15 is 0 Å². The number of rotatable bonds is 5. The highest BCUT2D eigenvalue weighted by Crippen LogP contribution is 2.55. The monoisotopic (exact) mass is 434 g/mol. The standard InChI is InChI=1S/C22H30N4O3.ClH/c1-13(20(27)29-2)26(18-5-3-4-17(9-18)19(23)24)21(28)25-22-10-14-6-15(11-22)8-16(7-14)12-22;/h3-5,9,13-16H,6-8,10-12H2,1-2H3,(H3,23,24)(H,25,28);1H/t13-,14?,15?,16?,22?;/m0./s1. The van der Waals surface area contributed by atoms with E-state index in [-0.39, 0.29) is 29.8 Å². The maximum absolute atomic E-state index is 13.5. The van der Waals surface area contributed by atoms with Crippen LogP contribution in [0, 0.1) is 23.2 Å². The fourth-order valence-electron chi connectivity index (χ4n) is 6.17. The highest BCUT2D eigenvalue weighted by molar-refractivity contribution is 6.01. The molecule has 8 heteroatoms. The van der Waals surface area contributed by atoms with Crippen molar-refractivity contribution >= 4 is 35.9 Å². The van der Waals surface area contributed by atoms with Crippen LogP contribution < -0.4 is 16.0 Å². The van der Waals surface area contributed by atoms with Crippen LogP contribution in [0.5, 0.6) is 0 Å². The van der Waals surface area contributed by atoms with Gasteiger partial charge < -0.3 is 15.8 Å². The Labute approximate surface area is 183 Å². The van der Waals surface area contributed by atoms with Crippen molar-refractivity contribution in [2.24, 2.45) is 23.5 Å². The minimum absolute atomic E-state index is 0. The van der Waals surface area contributed by atoms with Crippen molar-refractivity contribution in [2.75, 3.05) is 12.0 Å².